The molecular formula is C16H18N2O3. The number of aromatic hydroxyl groups is 1. The summed E-state index contributed by atoms with van der Waals surface area (Å²) in [6, 6.07) is 7.05. The van der Waals surface area contributed by atoms with Crippen molar-refractivity contribution in [2.45, 2.75) is 31.9 Å². The second-order valence-corrected chi connectivity index (χ2v) is 5.28. The van der Waals surface area contributed by atoms with E-state index >= 15 is 0 Å². The number of nitrogens with zero attached hydrogens (tertiary/aromatic N) is 2. The van der Waals surface area contributed by atoms with Crippen molar-refractivity contribution < 1.29 is 14.6 Å². The molecule has 5 heteroatoms. The summed E-state index contributed by atoms with van der Waals surface area (Å²) in [6.45, 7) is 0.776. The minimum atomic E-state index is 0.00593. The summed E-state index contributed by atoms with van der Waals surface area (Å²) >= 11 is 0. The van der Waals surface area contributed by atoms with Gasteiger partial charge in [-0.1, -0.05) is 6.07 Å². The van der Waals surface area contributed by atoms with Crippen molar-refractivity contribution in [1.82, 2.24) is 9.78 Å². The van der Waals surface area contributed by atoms with Gasteiger partial charge in [0.2, 0.25) is 0 Å². The summed E-state index contributed by atoms with van der Waals surface area (Å²) in [5, 5.41) is 13.9. The Morgan fingerprint density at radius 3 is 3.05 bits per heavy atom. The molecule has 0 bridgehead atoms. The third-order valence-corrected chi connectivity index (χ3v) is 3.78. The van der Waals surface area contributed by atoms with E-state index in [2.05, 4.69) is 5.10 Å². The largest absolute Gasteiger partial charge is 0.507 e. The fourth-order valence-corrected chi connectivity index (χ4v) is 2.68. The van der Waals surface area contributed by atoms with E-state index in [0.29, 0.717) is 18.3 Å². The zero-order valence-electron chi connectivity index (χ0n) is 11.7. The normalized spacial score (nSPS) is 18.6. The van der Waals surface area contributed by atoms with Gasteiger partial charge >= 0.3 is 0 Å². The Labute approximate surface area is 123 Å². The third-order valence-electron chi connectivity index (χ3n) is 3.78. The van der Waals surface area contributed by atoms with Crippen molar-refractivity contribution in [3.05, 3.63) is 47.3 Å². The SMILES string of the molecule is O=Cc1cc(Cc2ccnn2C2CCCCO2)ccc1O. The van der Waals surface area contributed by atoms with E-state index in [4.69, 9.17) is 4.74 Å². The molecule has 1 atom stereocenters. The van der Waals surface area contributed by atoms with E-state index in [1.165, 1.54) is 0 Å². The fraction of sp³-hybridized carbons (Fsp3) is 0.375. The molecule has 3 rings (SSSR count). The molecule has 1 saturated heterocycles. The predicted octanol–water partition coefficient (Wildman–Crippen LogP) is 2.69. The monoisotopic (exact) mass is 286 g/mol. The number of phenolic OH excluding ortho intramolecular Hbond substituents is 1. The summed E-state index contributed by atoms with van der Waals surface area (Å²) in [5.74, 6) is 0.0119. The number of carbonyl (C=O) groups excluding carboxylic acids is 1. The van der Waals surface area contributed by atoms with Gasteiger partial charge < -0.3 is 9.84 Å². The summed E-state index contributed by atoms with van der Waals surface area (Å²) in [5.41, 5.74) is 2.32. The maximum atomic E-state index is 10.9. The van der Waals surface area contributed by atoms with Gasteiger partial charge in [-0.2, -0.15) is 5.10 Å². The minimum absolute atomic E-state index is 0.00593. The van der Waals surface area contributed by atoms with Crippen LogP contribution in [-0.2, 0) is 11.2 Å². The number of carbonyl (C=O) groups is 1. The van der Waals surface area contributed by atoms with Gasteiger partial charge in [0, 0.05) is 24.9 Å². The Hall–Kier alpha value is -2.14. The lowest BCUT2D eigenvalue weighted by Crippen LogP contribution is -2.21. The average Bonchev–Trinajstić information content (AvgIpc) is 2.98. The molecule has 0 saturated carbocycles. The van der Waals surface area contributed by atoms with E-state index in [1.807, 2.05) is 16.8 Å². The van der Waals surface area contributed by atoms with Crippen LogP contribution in [0.1, 0.15) is 47.1 Å². The van der Waals surface area contributed by atoms with Crippen LogP contribution < -0.4 is 0 Å². The Morgan fingerprint density at radius 1 is 1.38 bits per heavy atom. The third kappa shape index (κ3) is 2.97. The van der Waals surface area contributed by atoms with Crippen molar-refractivity contribution in [2.75, 3.05) is 6.61 Å². The average molecular weight is 286 g/mol. The highest BCUT2D eigenvalue weighted by Crippen LogP contribution is 2.25. The van der Waals surface area contributed by atoms with Crippen LogP contribution in [0.3, 0.4) is 0 Å². The maximum absolute atomic E-state index is 10.9. The smallest absolute Gasteiger partial charge is 0.153 e. The molecule has 1 aromatic carbocycles. The molecule has 21 heavy (non-hydrogen) atoms. The molecule has 1 N–H and O–H groups in total. The Bertz CT molecular complexity index is 630. The fourth-order valence-electron chi connectivity index (χ4n) is 2.68. The van der Waals surface area contributed by atoms with Gasteiger partial charge in [0.05, 0.1) is 5.56 Å². The number of aldehydes is 1. The highest BCUT2D eigenvalue weighted by molar-refractivity contribution is 5.79. The number of hydrogen-bond donors (Lipinski definition) is 1. The highest BCUT2D eigenvalue weighted by Gasteiger charge is 2.18. The Kier molecular flexibility index (Phi) is 4.01. The molecule has 0 aliphatic carbocycles. The Balaban J connectivity index is 1.82. The van der Waals surface area contributed by atoms with E-state index in [-0.39, 0.29) is 12.0 Å². The van der Waals surface area contributed by atoms with Crippen molar-refractivity contribution in [2.24, 2.45) is 0 Å². The van der Waals surface area contributed by atoms with E-state index in [0.717, 1.165) is 37.1 Å². The highest BCUT2D eigenvalue weighted by atomic mass is 16.5. The molecule has 2 aromatic rings. The second kappa shape index (κ2) is 6.10. The molecular weight excluding hydrogens is 268 g/mol. The molecule has 110 valence electrons. The van der Waals surface area contributed by atoms with Crippen molar-refractivity contribution in [3.63, 3.8) is 0 Å². The lowest BCUT2D eigenvalue weighted by Gasteiger charge is -2.24. The van der Waals surface area contributed by atoms with Gasteiger partial charge in [0.15, 0.2) is 6.29 Å². The number of rotatable bonds is 4. The van der Waals surface area contributed by atoms with Crippen LogP contribution in [0.2, 0.25) is 0 Å². The topological polar surface area (TPSA) is 64.4 Å². The van der Waals surface area contributed by atoms with Crippen LogP contribution in [0.4, 0.5) is 0 Å². The van der Waals surface area contributed by atoms with Crippen molar-refractivity contribution in [1.29, 1.82) is 0 Å². The molecule has 1 aliphatic rings. The molecule has 1 fully saturated rings. The van der Waals surface area contributed by atoms with Crippen LogP contribution >= 0.6 is 0 Å². The first-order valence-electron chi connectivity index (χ1n) is 7.19. The lowest BCUT2D eigenvalue weighted by atomic mass is 10.1. The van der Waals surface area contributed by atoms with Gasteiger partial charge in [-0.25, -0.2) is 4.68 Å². The van der Waals surface area contributed by atoms with E-state index in [9.17, 15) is 9.90 Å². The van der Waals surface area contributed by atoms with Crippen LogP contribution in [0.5, 0.6) is 5.75 Å². The summed E-state index contributed by atoms with van der Waals surface area (Å²) < 4.78 is 7.69. The summed E-state index contributed by atoms with van der Waals surface area (Å²) in [6.07, 6.45) is 6.33. The van der Waals surface area contributed by atoms with Gasteiger partial charge in [0.1, 0.15) is 12.0 Å². The first-order chi connectivity index (χ1) is 10.3. The standard InChI is InChI=1S/C16H18N2O3/c19-11-13-9-12(4-5-15(13)20)10-14-6-7-17-18(14)16-3-1-2-8-21-16/h4-7,9,11,16,20H,1-3,8,10H2. The molecule has 0 radical (unpaired) electrons. The maximum Gasteiger partial charge on any atom is 0.153 e. The number of benzene rings is 1. The summed E-state index contributed by atoms with van der Waals surface area (Å²) in [7, 11) is 0. The molecule has 1 aromatic heterocycles. The number of hydrogen-bond acceptors (Lipinski definition) is 4. The van der Waals surface area contributed by atoms with Gasteiger partial charge in [-0.3, -0.25) is 4.79 Å². The lowest BCUT2D eigenvalue weighted by molar-refractivity contribution is -0.0409. The Morgan fingerprint density at radius 2 is 2.29 bits per heavy atom. The molecule has 1 aliphatic heterocycles. The van der Waals surface area contributed by atoms with Crippen LogP contribution in [0.15, 0.2) is 30.5 Å². The van der Waals surface area contributed by atoms with Crippen LogP contribution in [0.25, 0.3) is 0 Å². The predicted molar refractivity (Wildman–Crippen MR) is 77.4 cm³/mol. The molecule has 0 amide bonds. The molecule has 5 nitrogen and oxygen atoms in total. The first-order valence-corrected chi connectivity index (χ1v) is 7.19. The molecule has 0 spiro atoms. The van der Waals surface area contributed by atoms with Gasteiger partial charge in [0.25, 0.3) is 0 Å². The minimum Gasteiger partial charge on any atom is -0.507 e. The van der Waals surface area contributed by atoms with Gasteiger partial charge in [-0.15, -0.1) is 0 Å². The number of phenols is 1. The second-order valence-electron chi connectivity index (χ2n) is 5.28. The molecule has 1 unspecified atom stereocenters. The van der Waals surface area contributed by atoms with Gasteiger partial charge in [-0.05, 0) is 43.0 Å². The van der Waals surface area contributed by atoms with E-state index in [1.54, 1.807) is 18.3 Å². The molecule has 2 heterocycles. The van der Waals surface area contributed by atoms with Crippen LogP contribution in [-0.4, -0.2) is 27.8 Å². The number of ether oxygens (including phenoxy) is 1. The summed E-state index contributed by atoms with van der Waals surface area (Å²) in [4.78, 5) is 10.9. The number of aromatic nitrogens is 2. The quantitative estimate of drug-likeness (QED) is 0.878. The zero-order valence-corrected chi connectivity index (χ0v) is 11.7. The van der Waals surface area contributed by atoms with E-state index < -0.39 is 0 Å². The van der Waals surface area contributed by atoms with Crippen molar-refractivity contribution >= 4 is 6.29 Å². The first kappa shape index (κ1) is 13.8. The zero-order chi connectivity index (χ0) is 14.7. The van der Waals surface area contributed by atoms with Crippen molar-refractivity contribution in [3.8, 4) is 5.75 Å². The van der Waals surface area contributed by atoms with Crippen LogP contribution in [0, 0.1) is 0 Å².